The van der Waals surface area contributed by atoms with Gasteiger partial charge in [0.15, 0.2) is 0 Å². The van der Waals surface area contributed by atoms with Gasteiger partial charge in [-0.25, -0.2) is 8.42 Å². The summed E-state index contributed by atoms with van der Waals surface area (Å²) >= 11 is 0. The monoisotopic (exact) mass is 449 g/mol. The lowest BCUT2D eigenvalue weighted by atomic mass is 10.0. The molecule has 0 saturated carbocycles. The maximum absolute atomic E-state index is 12.2. The maximum Gasteiger partial charge on any atom is 0.313 e. The molecule has 1 aromatic carbocycles. The molecule has 10 heteroatoms. The zero-order valence-electron chi connectivity index (χ0n) is 17.8. The van der Waals surface area contributed by atoms with E-state index in [0.717, 1.165) is 24.7 Å². The van der Waals surface area contributed by atoms with Crippen LogP contribution >= 0.6 is 0 Å². The van der Waals surface area contributed by atoms with Crippen LogP contribution in [-0.4, -0.2) is 44.7 Å². The lowest BCUT2D eigenvalue weighted by Gasteiger charge is -2.29. The van der Waals surface area contributed by atoms with E-state index in [1.165, 1.54) is 4.31 Å². The summed E-state index contributed by atoms with van der Waals surface area (Å²) in [5.41, 5.74) is 2.37. The molecule has 0 aliphatic carbocycles. The molecular weight excluding hydrogens is 422 g/mol. The fraction of sp³-hybridized carbons (Fsp3) is 0.429. The van der Waals surface area contributed by atoms with Crippen LogP contribution in [0.4, 0.5) is 11.4 Å². The molecule has 3 N–H and O–H groups in total. The van der Waals surface area contributed by atoms with Gasteiger partial charge in [-0.1, -0.05) is 6.07 Å². The summed E-state index contributed by atoms with van der Waals surface area (Å²) in [7, 11) is -3.43. The first-order chi connectivity index (χ1) is 14.6. The van der Waals surface area contributed by atoms with Gasteiger partial charge in [0.1, 0.15) is 11.5 Å². The van der Waals surface area contributed by atoms with Crippen LogP contribution in [0.15, 0.2) is 28.7 Å². The number of carbonyl (C=O) groups excluding carboxylic acids is 2. The Hall–Kier alpha value is -2.85. The van der Waals surface area contributed by atoms with Gasteiger partial charge in [-0.3, -0.25) is 13.9 Å². The number of nitrogens with zero attached hydrogens (tertiary/aromatic N) is 1. The first-order valence-electron chi connectivity index (χ1n) is 10.0. The highest BCUT2D eigenvalue weighted by molar-refractivity contribution is 7.92. The van der Waals surface area contributed by atoms with E-state index in [0.29, 0.717) is 35.0 Å². The molecule has 1 aliphatic rings. The van der Waals surface area contributed by atoms with Crippen molar-refractivity contribution < 1.29 is 27.5 Å². The fourth-order valence-electron chi connectivity index (χ4n) is 3.69. The van der Waals surface area contributed by atoms with Crippen LogP contribution in [0, 0.1) is 13.8 Å². The van der Waals surface area contributed by atoms with Crippen LogP contribution in [-0.2, 0) is 26.0 Å². The Morgan fingerprint density at radius 2 is 1.97 bits per heavy atom. The number of aryl methyl sites for hydroxylation is 3. The third kappa shape index (κ3) is 5.45. The normalized spacial score (nSPS) is 14.6. The molecule has 0 spiro atoms. The zero-order valence-corrected chi connectivity index (χ0v) is 18.6. The lowest BCUT2D eigenvalue weighted by Crippen LogP contribution is -2.37. The second-order valence-electron chi connectivity index (χ2n) is 7.67. The van der Waals surface area contributed by atoms with Crippen LogP contribution < -0.4 is 14.9 Å². The number of furan rings is 1. The van der Waals surface area contributed by atoms with Crippen molar-refractivity contribution in [3.8, 4) is 0 Å². The number of carbonyl (C=O) groups is 2. The minimum Gasteiger partial charge on any atom is -0.466 e. The van der Waals surface area contributed by atoms with Gasteiger partial charge < -0.3 is 20.2 Å². The largest absolute Gasteiger partial charge is 0.466 e. The molecule has 1 unspecified atom stereocenters. The second-order valence-corrected chi connectivity index (χ2v) is 9.57. The molecule has 1 atom stereocenters. The molecule has 168 valence electrons. The van der Waals surface area contributed by atoms with E-state index in [-0.39, 0.29) is 13.0 Å². The Kier molecular flexibility index (Phi) is 6.71. The van der Waals surface area contributed by atoms with Crippen molar-refractivity contribution in [2.75, 3.05) is 29.0 Å². The molecule has 0 saturated heterocycles. The minimum atomic E-state index is -3.43. The number of sulfonamides is 1. The number of amides is 2. The van der Waals surface area contributed by atoms with Crippen molar-refractivity contribution in [1.82, 2.24) is 5.32 Å². The second kappa shape index (κ2) is 9.11. The standard InChI is InChI=1S/C21H27N3O6S/c1-13-11-17(14(2)30-13)19(25)8-9-22-20(26)21(27)23-16-7-6-15-5-4-10-24(18(15)12-16)31(3,28)29/h6-7,11-12,19,25H,4-5,8-10H2,1-3H3,(H,22,26)(H,23,27). The van der Waals surface area contributed by atoms with Gasteiger partial charge in [0.05, 0.1) is 18.0 Å². The molecule has 2 aromatic rings. The number of rotatable bonds is 6. The Bertz CT molecular complexity index is 1090. The van der Waals surface area contributed by atoms with Gasteiger partial charge in [0.25, 0.3) is 0 Å². The molecule has 31 heavy (non-hydrogen) atoms. The first kappa shape index (κ1) is 22.8. The van der Waals surface area contributed by atoms with Crippen molar-refractivity contribution in [3.63, 3.8) is 0 Å². The predicted octanol–water partition coefficient (Wildman–Crippen LogP) is 1.79. The van der Waals surface area contributed by atoms with Crippen molar-refractivity contribution in [2.45, 2.75) is 39.2 Å². The number of aliphatic hydroxyl groups excluding tert-OH is 1. The number of aliphatic hydroxyl groups is 1. The van der Waals surface area contributed by atoms with Crippen LogP contribution in [0.25, 0.3) is 0 Å². The summed E-state index contributed by atoms with van der Waals surface area (Å²) < 4.78 is 30.8. The molecule has 2 amide bonds. The van der Waals surface area contributed by atoms with Gasteiger partial charge in [0, 0.05) is 24.3 Å². The van der Waals surface area contributed by atoms with E-state index < -0.39 is 27.9 Å². The van der Waals surface area contributed by atoms with Crippen molar-refractivity contribution in [2.24, 2.45) is 0 Å². The quantitative estimate of drug-likeness (QED) is 0.577. The molecule has 0 fully saturated rings. The summed E-state index contributed by atoms with van der Waals surface area (Å²) in [6, 6.07) is 6.70. The Labute approximate surface area is 181 Å². The summed E-state index contributed by atoms with van der Waals surface area (Å²) in [6.07, 6.45) is 2.01. The SMILES string of the molecule is Cc1cc(C(O)CCNC(=O)C(=O)Nc2ccc3c(c2)N(S(C)(=O)=O)CCC3)c(C)o1. The van der Waals surface area contributed by atoms with Gasteiger partial charge >= 0.3 is 11.8 Å². The summed E-state index contributed by atoms with van der Waals surface area (Å²) in [4.78, 5) is 24.3. The average Bonchev–Trinajstić information content (AvgIpc) is 3.04. The third-order valence-corrected chi connectivity index (χ3v) is 6.35. The van der Waals surface area contributed by atoms with Gasteiger partial charge in [-0.15, -0.1) is 0 Å². The summed E-state index contributed by atoms with van der Waals surface area (Å²) in [6.45, 7) is 4.01. The molecule has 2 heterocycles. The topological polar surface area (TPSA) is 129 Å². The number of hydrogen-bond donors (Lipinski definition) is 3. The van der Waals surface area contributed by atoms with Gasteiger partial charge in [-0.2, -0.15) is 0 Å². The minimum absolute atomic E-state index is 0.100. The first-order valence-corrected chi connectivity index (χ1v) is 11.9. The van der Waals surface area contributed by atoms with Gasteiger partial charge in [-0.05, 0) is 56.9 Å². The number of benzene rings is 1. The van der Waals surface area contributed by atoms with Crippen LogP contribution in [0.3, 0.4) is 0 Å². The Morgan fingerprint density at radius 3 is 2.61 bits per heavy atom. The molecule has 1 aromatic heterocycles. The number of anilines is 2. The fourth-order valence-corrected chi connectivity index (χ4v) is 4.68. The summed E-state index contributed by atoms with van der Waals surface area (Å²) in [5.74, 6) is -0.407. The van der Waals surface area contributed by atoms with Crippen molar-refractivity contribution in [3.05, 3.63) is 46.9 Å². The number of hydrogen-bond acceptors (Lipinski definition) is 6. The third-order valence-electron chi connectivity index (χ3n) is 5.17. The number of fused-ring (bicyclic) bond motifs is 1. The van der Waals surface area contributed by atoms with E-state index in [1.54, 1.807) is 38.1 Å². The number of nitrogens with one attached hydrogen (secondary N) is 2. The van der Waals surface area contributed by atoms with Crippen molar-refractivity contribution in [1.29, 1.82) is 0 Å². The smallest absolute Gasteiger partial charge is 0.313 e. The van der Waals surface area contributed by atoms with E-state index >= 15 is 0 Å². The lowest BCUT2D eigenvalue weighted by molar-refractivity contribution is -0.136. The predicted molar refractivity (Wildman–Crippen MR) is 116 cm³/mol. The molecule has 0 radical (unpaired) electrons. The van der Waals surface area contributed by atoms with E-state index in [4.69, 9.17) is 4.42 Å². The van der Waals surface area contributed by atoms with Crippen LogP contribution in [0.2, 0.25) is 0 Å². The highest BCUT2D eigenvalue weighted by Crippen LogP contribution is 2.31. The average molecular weight is 450 g/mol. The van der Waals surface area contributed by atoms with Crippen molar-refractivity contribution >= 4 is 33.2 Å². The molecule has 3 rings (SSSR count). The van der Waals surface area contributed by atoms with E-state index in [9.17, 15) is 23.1 Å². The Balaban J connectivity index is 1.57. The highest BCUT2D eigenvalue weighted by atomic mass is 32.2. The molecular formula is C21H27N3O6S. The zero-order chi connectivity index (χ0) is 22.8. The Morgan fingerprint density at radius 1 is 1.23 bits per heavy atom. The molecule has 9 nitrogen and oxygen atoms in total. The maximum atomic E-state index is 12.2. The highest BCUT2D eigenvalue weighted by Gasteiger charge is 2.25. The van der Waals surface area contributed by atoms with Crippen LogP contribution in [0.1, 0.15) is 41.6 Å². The van der Waals surface area contributed by atoms with Gasteiger partial charge in [0.2, 0.25) is 10.0 Å². The van der Waals surface area contributed by atoms with Crippen LogP contribution in [0.5, 0.6) is 0 Å². The molecule has 0 bridgehead atoms. The van der Waals surface area contributed by atoms with E-state index in [2.05, 4.69) is 10.6 Å². The summed E-state index contributed by atoms with van der Waals surface area (Å²) in [5, 5.41) is 15.2. The molecule has 1 aliphatic heterocycles. The van der Waals surface area contributed by atoms with E-state index in [1.807, 2.05) is 0 Å².